The summed E-state index contributed by atoms with van der Waals surface area (Å²) >= 11 is 0. The van der Waals surface area contributed by atoms with E-state index in [1.807, 2.05) is 22.7 Å². The molecule has 2 aliphatic rings. The number of carbonyl (C=O) groups is 1. The fourth-order valence-corrected chi connectivity index (χ4v) is 4.98. The van der Waals surface area contributed by atoms with E-state index in [0.717, 1.165) is 45.6 Å². The molecule has 3 aromatic rings. The van der Waals surface area contributed by atoms with Crippen molar-refractivity contribution in [3.63, 3.8) is 0 Å². The first kappa shape index (κ1) is 27.3. The van der Waals surface area contributed by atoms with Gasteiger partial charge in [-0.15, -0.1) is 0 Å². The van der Waals surface area contributed by atoms with Crippen LogP contribution in [0.5, 0.6) is 17.2 Å². The fraction of sp³-hybridized carbons (Fsp3) is 0.500. The highest BCUT2D eigenvalue weighted by molar-refractivity contribution is 6.02. The number of rotatable bonds is 13. The minimum atomic E-state index is -3.08. The molecule has 210 valence electrons. The van der Waals surface area contributed by atoms with E-state index in [-0.39, 0.29) is 35.9 Å². The number of halogens is 2. The maximum Gasteiger partial charge on any atom is 0.387 e. The van der Waals surface area contributed by atoms with Gasteiger partial charge in [0.05, 0.1) is 25.6 Å². The van der Waals surface area contributed by atoms with Crippen LogP contribution in [0.25, 0.3) is 16.9 Å². The van der Waals surface area contributed by atoms with Crippen LogP contribution in [-0.2, 0) is 0 Å². The van der Waals surface area contributed by atoms with E-state index in [2.05, 4.69) is 14.8 Å². The van der Waals surface area contributed by atoms with Crippen molar-refractivity contribution in [3.05, 3.63) is 42.2 Å². The molecule has 1 aliphatic carbocycles. The number of benzene rings is 1. The molecule has 0 unspecified atom stereocenters. The monoisotopic (exact) mass is 544 g/mol. The zero-order chi connectivity index (χ0) is 27.4. The Balaban J connectivity index is 1.31. The summed E-state index contributed by atoms with van der Waals surface area (Å²) in [5.74, 6) is 0.707. The lowest BCUT2D eigenvalue weighted by atomic mass is 10.00. The number of pyridine rings is 1. The number of aromatic nitrogens is 2. The Hall–Kier alpha value is -3.28. The number of ketones is 1. The van der Waals surface area contributed by atoms with Crippen molar-refractivity contribution in [1.29, 1.82) is 0 Å². The topological polar surface area (TPSA) is 88.8 Å². The maximum absolute atomic E-state index is 13.3. The summed E-state index contributed by atoms with van der Waals surface area (Å²) in [5, 5.41) is 9.09. The molecule has 1 aromatic carbocycles. The highest BCUT2D eigenvalue weighted by Crippen LogP contribution is 2.40. The first-order chi connectivity index (χ1) is 18.9. The molecule has 3 heterocycles. The number of carbonyl (C=O) groups excluding carboxylic acids is 1. The molecule has 0 bridgehead atoms. The molecule has 1 aliphatic heterocycles. The molecule has 1 N–H and O–H groups in total. The van der Waals surface area contributed by atoms with Crippen LogP contribution in [0.1, 0.15) is 29.6 Å². The van der Waals surface area contributed by atoms with Crippen LogP contribution >= 0.6 is 0 Å². The van der Waals surface area contributed by atoms with E-state index in [1.54, 1.807) is 12.3 Å². The van der Waals surface area contributed by atoms with Gasteiger partial charge in [0, 0.05) is 63.5 Å². The number of imidazole rings is 1. The number of aliphatic hydroxyl groups excluding tert-OH is 1. The molecular formula is C28H34F2N4O5. The summed E-state index contributed by atoms with van der Waals surface area (Å²) in [7, 11) is 1.41. The predicted octanol–water partition coefficient (Wildman–Crippen LogP) is 3.58. The number of nitrogens with zero attached hydrogens (tertiary/aromatic N) is 4. The second kappa shape index (κ2) is 12.3. The lowest BCUT2D eigenvalue weighted by Crippen LogP contribution is -2.48. The van der Waals surface area contributed by atoms with Gasteiger partial charge in [-0.3, -0.25) is 19.0 Å². The Bertz CT molecular complexity index is 1290. The highest BCUT2D eigenvalue weighted by Gasteiger charge is 2.30. The molecule has 0 atom stereocenters. The van der Waals surface area contributed by atoms with Crippen molar-refractivity contribution in [2.24, 2.45) is 5.92 Å². The Labute approximate surface area is 225 Å². The van der Waals surface area contributed by atoms with Gasteiger partial charge >= 0.3 is 6.61 Å². The second-order valence-electron chi connectivity index (χ2n) is 9.99. The Morgan fingerprint density at radius 1 is 1.10 bits per heavy atom. The van der Waals surface area contributed by atoms with Gasteiger partial charge in [-0.2, -0.15) is 8.78 Å². The molecule has 1 saturated carbocycles. The van der Waals surface area contributed by atoms with Crippen LogP contribution in [0.2, 0.25) is 0 Å². The average molecular weight is 545 g/mol. The smallest absolute Gasteiger partial charge is 0.387 e. The Kier molecular flexibility index (Phi) is 8.59. The van der Waals surface area contributed by atoms with Crippen LogP contribution in [0.3, 0.4) is 0 Å². The van der Waals surface area contributed by atoms with Gasteiger partial charge in [0.2, 0.25) is 0 Å². The predicted molar refractivity (Wildman–Crippen MR) is 141 cm³/mol. The van der Waals surface area contributed by atoms with Gasteiger partial charge in [0.15, 0.2) is 5.78 Å². The SMILES string of the molecule is COc1cc(-c2cnc3cc(OCCN4CCN(CCO)CC4)ccn23)cc(OC(F)F)c1C(=O)CC1CC1. The minimum Gasteiger partial charge on any atom is -0.496 e. The van der Waals surface area contributed by atoms with Gasteiger partial charge in [-0.05, 0) is 37.0 Å². The number of aliphatic hydroxyl groups is 1. The van der Waals surface area contributed by atoms with Crippen molar-refractivity contribution in [2.75, 3.05) is 59.6 Å². The fourth-order valence-electron chi connectivity index (χ4n) is 4.98. The molecule has 0 spiro atoms. The van der Waals surface area contributed by atoms with Crippen molar-refractivity contribution in [3.8, 4) is 28.5 Å². The summed E-state index contributed by atoms with van der Waals surface area (Å²) in [6.07, 6.45) is 5.67. The number of Topliss-reactive ketones (excluding diaryl/α,β-unsaturated/α-hetero) is 1. The maximum atomic E-state index is 13.3. The quantitative estimate of drug-likeness (QED) is 0.327. The normalized spacial score (nSPS) is 16.6. The molecule has 11 heteroatoms. The lowest BCUT2D eigenvalue weighted by Gasteiger charge is -2.34. The van der Waals surface area contributed by atoms with E-state index in [9.17, 15) is 13.6 Å². The van der Waals surface area contributed by atoms with E-state index < -0.39 is 6.61 Å². The number of ether oxygens (including phenoxy) is 3. The van der Waals surface area contributed by atoms with Gasteiger partial charge in [-0.1, -0.05) is 0 Å². The highest BCUT2D eigenvalue weighted by atomic mass is 19.3. The molecular weight excluding hydrogens is 510 g/mol. The number of hydrogen-bond donors (Lipinski definition) is 1. The minimum absolute atomic E-state index is 0.0489. The molecule has 39 heavy (non-hydrogen) atoms. The molecule has 0 amide bonds. The van der Waals surface area contributed by atoms with Crippen LogP contribution in [0.4, 0.5) is 8.78 Å². The van der Waals surface area contributed by atoms with E-state index in [1.165, 1.54) is 13.2 Å². The summed E-state index contributed by atoms with van der Waals surface area (Å²) in [6, 6.07) is 6.76. The van der Waals surface area contributed by atoms with E-state index in [0.29, 0.717) is 41.7 Å². The van der Waals surface area contributed by atoms with Crippen molar-refractivity contribution >= 4 is 11.4 Å². The summed E-state index contributed by atoms with van der Waals surface area (Å²) < 4.78 is 44.6. The third-order valence-corrected chi connectivity index (χ3v) is 7.29. The molecule has 2 aromatic heterocycles. The number of alkyl halides is 2. The molecule has 0 radical (unpaired) electrons. The third kappa shape index (κ3) is 6.66. The van der Waals surface area contributed by atoms with Gasteiger partial charge < -0.3 is 19.3 Å². The Morgan fingerprint density at radius 3 is 2.49 bits per heavy atom. The van der Waals surface area contributed by atoms with Crippen molar-refractivity contribution < 1.29 is 32.9 Å². The molecule has 2 fully saturated rings. The van der Waals surface area contributed by atoms with Crippen LogP contribution in [-0.4, -0.2) is 96.3 Å². The second-order valence-corrected chi connectivity index (χ2v) is 9.99. The zero-order valence-electron chi connectivity index (χ0n) is 22.0. The summed E-state index contributed by atoms with van der Waals surface area (Å²) in [5.41, 5.74) is 1.85. The average Bonchev–Trinajstić information content (AvgIpc) is 3.64. The summed E-state index contributed by atoms with van der Waals surface area (Å²) in [6.45, 7) is 2.92. The molecule has 5 rings (SSSR count). The number of hydrogen-bond acceptors (Lipinski definition) is 8. The first-order valence-corrected chi connectivity index (χ1v) is 13.3. The largest absolute Gasteiger partial charge is 0.496 e. The van der Waals surface area contributed by atoms with E-state index >= 15 is 0 Å². The van der Waals surface area contributed by atoms with Crippen LogP contribution in [0.15, 0.2) is 36.7 Å². The van der Waals surface area contributed by atoms with Crippen molar-refractivity contribution in [2.45, 2.75) is 25.9 Å². The van der Waals surface area contributed by atoms with Crippen molar-refractivity contribution in [1.82, 2.24) is 19.2 Å². The number of methoxy groups -OCH3 is 1. The number of fused-ring (bicyclic) bond motifs is 1. The van der Waals surface area contributed by atoms with Gasteiger partial charge in [0.1, 0.15) is 35.1 Å². The van der Waals surface area contributed by atoms with Crippen LogP contribution in [0, 0.1) is 5.92 Å². The zero-order valence-corrected chi connectivity index (χ0v) is 22.0. The molecule has 9 nitrogen and oxygen atoms in total. The van der Waals surface area contributed by atoms with Gasteiger partial charge in [0.25, 0.3) is 0 Å². The van der Waals surface area contributed by atoms with Crippen LogP contribution < -0.4 is 14.2 Å². The standard InChI is InChI=1S/C28H34F2N4O5/c1-37-24-15-20(16-25(39-28(29)30)27(24)23(36)14-19-2-3-19)22-18-31-26-17-21(4-5-34(22)26)38-13-11-33-8-6-32(7-9-33)10-12-35/h4-5,15-19,28,35H,2-3,6-14H2,1H3. The first-order valence-electron chi connectivity index (χ1n) is 13.3. The summed E-state index contributed by atoms with van der Waals surface area (Å²) in [4.78, 5) is 22.0. The number of β-amino-alcohol motifs (C(OH)–C–C–N with tert-alkyl or cyclic N) is 1. The lowest BCUT2D eigenvalue weighted by molar-refractivity contribution is -0.0502. The van der Waals surface area contributed by atoms with Gasteiger partial charge in [-0.25, -0.2) is 4.98 Å². The van der Waals surface area contributed by atoms with E-state index in [4.69, 9.17) is 19.3 Å². The third-order valence-electron chi connectivity index (χ3n) is 7.29. The number of piperazine rings is 1. The molecule has 1 saturated heterocycles. The Morgan fingerprint density at radius 2 is 1.82 bits per heavy atom.